The van der Waals surface area contributed by atoms with Gasteiger partial charge >= 0.3 is 5.97 Å². The van der Waals surface area contributed by atoms with Crippen molar-refractivity contribution in [2.24, 2.45) is 5.73 Å². The second-order valence-corrected chi connectivity index (χ2v) is 7.69. The Hall–Kier alpha value is -4.79. The van der Waals surface area contributed by atoms with E-state index in [1.807, 2.05) is 66.9 Å². The van der Waals surface area contributed by atoms with Crippen LogP contribution in [0.15, 0.2) is 79.0 Å². The number of benzene rings is 3. The van der Waals surface area contributed by atoms with Crippen LogP contribution in [0.2, 0.25) is 0 Å². The molecule has 0 aliphatic carbocycles. The number of rotatable bonds is 10. The molecule has 9 heteroatoms. The second-order valence-electron chi connectivity index (χ2n) is 7.69. The topological polar surface area (TPSA) is 115 Å². The van der Waals surface area contributed by atoms with Crippen LogP contribution in [0.1, 0.15) is 15.9 Å². The monoisotopic (exact) mass is 487 g/mol. The Bertz CT molecular complexity index is 1330. The predicted octanol–water partition coefficient (Wildman–Crippen LogP) is 3.78. The lowest BCUT2D eigenvalue weighted by molar-refractivity contribution is -0.120. The van der Waals surface area contributed by atoms with Crippen LogP contribution in [0, 0.1) is 0 Å². The molecule has 2 N–H and O–H groups in total. The summed E-state index contributed by atoms with van der Waals surface area (Å²) >= 11 is 0. The van der Waals surface area contributed by atoms with Gasteiger partial charge in [-0.2, -0.15) is 5.10 Å². The molecule has 36 heavy (non-hydrogen) atoms. The fraction of sp³-hybridized carbons (Fsp3) is 0.148. The van der Waals surface area contributed by atoms with Gasteiger partial charge in [0.25, 0.3) is 5.91 Å². The van der Waals surface area contributed by atoms with Gasteiger partial charge in [-0.1, -0.05) is 48.5 Å². The van der Waals surface area contributed by atoms with Crippen LogP contribution in [-0.2, 0) is 16.1 Å². The van der Waals surface area contributed by atoms with Crippen LogP contribution < -0.4 is 19.9 Å². The normalized spacial score (nSPS) is 10.5. The number of amides is 1. The summed E-state index contributed by atoms with van der Waals surface area (Å²) in [6, 6.07) is 22.2. The van der Waals surface area contributed by atoms with E-state index in [9.17, 15) is 9.59 Å². The minimum Gasteiger partial charge on any atom is -0.493 e. The van der Waals surface area contributed by atoms with Crippen molar-refractivity contribution in [3.8, 4) is 34.2 Å². The summed E-state index contributed by atoms with van der Waals surface area (Å²) in [7, 11) is 2.82. The van der Waals surface area contributed by atoms with Gasteiger partial charge in [-0.15, -0.1) is 0 Å². The summed E-state index contributed by atoms with van der Waals surface area (Å²) in [5.41, 5.74) is 8.57. The van der Waals surface area contributed by atoms with E-state index in [0.29, 0.717) is 5.69 Å². The highest BCUT2D eigenvalue weighted by Crippen LogP contribution is 2.39. The van der Waals surface area contributed by atoms with Gasteiger partial charge in [-0.05, 0) is 24.3 Å². The number of primary amides is 1. The van der Waals surface area contributed by atoms with Crippen molar-refractivity contribution in [3.05, 3.63) is 90.1 Å². The molecular formula is C27H25N3O6. The maximum Gasteiger partial charge on any atom is 0.338 e. The Balaban J connectivity index is 1.60. The number of carbonyl (C=O) groups excluding carboxylic acids is 2. The zero-order chi connectivity index (χ0) is 25.5. The van der Waals surface area contributed by atoms with E-state index in [2.05, 4.69) is 0 Å². The number of carbonyl (C=O) groups is 2. The summed E-state index contributed by atoms with van der Waals surface area (Å²) in [6.45, 7) is -0.384. The molecule has 0 aliphatic rings. The minimum atomic E-state index is -0.659. The molecule has 0 unspecified atom stereocenters. The summed E-state index contributed by atoms with van der Waals surface area (Å²) < 4.78 is 23.4. The molecule has 184 valence electrons. The van der Waals surface area contributed by atoms with Crippen LogP contribution >= 0.6 is 0 Å². The molecule has 0 atom stereocenters. The molecule has 0 saturated heterocycles. The molecule has 0 radical (unpaired) electrons. The third kappa shape index (κ3) is 5.47. The van der Waals surface area contributed by atoms with Crippen molar-refractivity contribution in [1.82, 2.24) is 9.78 Å². The summed E-state index contributed by atoms with van der Waals surface area (Å²) in [4.78, 5) is 24.1. The average molecular weight is 488 g/mol. The number of esters is 1. The molecule has 1 amide bonds. The van der Waals surface area contributed by atoms with E-state index in [1.165, 1.54) is 26.4 Å². The van der Waals surface area contributed by atoms with Crippen LogP contribution in [-0.4, -0.2) is 42.5 Å². The number of hydrogen-bond acceptors (Lipinski definition) is 7. The smallest absolute Gasteiger partial charge is 0.338 e. The Kier molecular flexibility index (Phi) is 7.50. The fourth-order valence-corrected chi connectivity index (χ4v) is 3.58. The number of para-hydroxylation sites is 1. The van der Waals surface area contributed by atoms with E-state index in [0.717, 1.165) is 16.8 Å². The third-order valence-electron chi connectivity index (χ3n) is 5.27. The van der Waals surface area contributed by atoms with Gasteiger partial charge in [-0.25, -0.2) is 9.48 Å². The van der Waals surface area contributed by atoms with Gasteiger partial charge in [0, 0.05) is 17.3 Å². The number of aromatic nitrogens is 2. The van der Waals surface area contributed by atoms with Gasteiger partial charge in [0.15, 0.2) is 18.1 Å². The average Bonchev–Trinajstić information content (AvgIpc) is 3.35. The van der Waals surface area contributed by atoms with Crippen molar-refractivity contribution in [3.63, 3.8) is 0 Å². The number of nitrogens with zero attached hydrogens (tertiary/aromatic N) is 2. The summed E-state index contributed by atoms with van der Waals surface area (Å²) in [5, 5.41) is 4.73. The SMILES string of the molecule is COc1cc(C(=O)OCc2cn(-c3ccccc3)nc2-c2ccccc2)cc(OC)c1OCC(N)=O. The summed E-state index contributed by atoms with van der Waals surface area (Å²) in [6.07, 6.45) is 1.84. The maximum absolute atomic E-state index is 13.0. The lowest BCUT2D eigenvalue weighted by atomic mass is 10.1. The van der Waals surface area contributed by atoms with Gasteiger partial charge in [0.2, 0.25) is 5.75 Å². The molecule has 0 spiro atoms. The first-order valence-corrected chi connectivity index (χ1v) is 11.0. The number of hydrogen-bond donors (Lipinski definition) is 1. The van der Waals surface area contributed by atoms with E-state index in [4.69, 9.17) is 29.8 Å². The van der Waals surface area contributed by atoms with Gasteiger partial charge in [0.1, 0.15) is 6.61 Å². The molecule has 0 saturated carbocycles. The van der Waals surface area contributed by atoms with E-state index < -0.39 is 11.9 Å². The highest BCUT2D eigenvalue weighted by atomic mass is 16.5. The molecule has 0 bridgehead atoms. The molecule has 0 fully saturated rings. The molecule has 9 nitrogen and oxygen atoms in total. The van der Waals surface area contributed by atoms with Gasteiger partial charge in [-0.3, -0.25) is 4.79 Å². The lowest BCUT2D eigenvalue weighted by Gasteiger charge is -2.15. The first-order chi connectivity index (χ1) is 17.5. The molecule has 1 aromatic heterocycles. The van der Waals surface area contributed by atoms with Crippen molar-refractivity contribution in [2.45, 2.75) is 6.61 Å². The first kappa shape index (κ1) is 24.3. The van der Waals surface area contributed by atoms with Gasteiger partial charge < -0.3 is 24.7 Å². The third-order valence-corrected chi connectivity index (χ3v) is 5.27. The van der Waals surface area contributed by atoms with Crippen molar-refractivity contribution < 1.29 is 28.5 Å². The standard InChI is InChI=1S/C27H25N3O6/c1-33-22-13-19(14-23(34-2)26(22)35-17-24(28)31)27(32)36-16-20-15-30(21-11-7-4-8-12-21)29-25(20)18-9-5-3-6-10-18/h3-15H,16-17H2,1-2H3,(H2,28,31). The second kappa shape index (κ2) is 11.1. The van der Waals surface area contributed by atoms with Crippen molar-refractivity contribution >= 4 is 11.9 Å². The van der Waals surface area contributed by atoms with Crippen LogP contribution in [0.3, 0.4) is 0 Å². The minimum absolute atomic E-state index is 0.0134. The Labute approximate surface area is 208 Å². The molecule has 0 aliphatic heterocycles. The largest absolute Gasteiger partial charge is 0.493 e. The quantitative estimate of drug-likeness (QED) is 0.339. The van der Waals surface area contributed by atoms with E-state index >= 15 is 0 Å². The fourth-order valence-electron chi connectivity index (χ4n) is 3.58. The van der Waals surface area contributed by atoms with Crippen LogP contribution in [0.25, 0.3) is 16.9 Å². The highest BCUT2D eigenvalue weighted by Gasteiger charge is 2.20. The molecule has 3 aromatic carbocycles. The zero-order valence-corrected chi connectivity index (χ0v) is 19.8. The van der Waals surface area contributed by atoms with Gasteiger partial charge in [0.05, 0.1) is 31.2 Å². The Morgan fingerprint density at radius 2 is 1.53 bits per heavy atom. The summed E-state index contributed by atoms with van der Waals surface area (Å²) in [5.74, 6) is -0.702. The van der Waals surface area contributed by atoms with E-state index in [-0.39, 0.29) is 36.0 Å². The van der Waals surface area contributed by atoms with Crippen molar-refractivity contribution in [1.29, 1.82) is 0 Å². The lowest BCUT2D eigenvalue weighted by Crippen LogP contribution is -2.20. The molecular weight excluding hydrogens is 462 g/mol. The molecule has 4 rings (SSSR count). The maximum atomic E-state index is 13.0. The predicted molar refractivity (Wildman–Crippen MR) is 132 cm³/mol. The Morgan fingerprint density at radius 1 is 0.917 bits per heavy atom. The highest BCUT2D eigenvalue weighted by molar-refractivity contribution is 5.91. The molecule has 1 heterocycles. The van der Waals surface area contributed by atoms with Crippen LogP contribution in [0.4, 0.5) is 0 Å². The first-order valence-electron chi connectivity index (χ1n) is 11.0. The van der Waals surface area contributed by atoms with Crippen molar-refractivity contribution in [2.75, 3.05) is 20.8 Å². The van der Waals surface area contributed by atoms with Crippen LogP contribution in [0.5, 0.6) is 17.2 Å². The number of ether oxygens (including phenoxy) is 4. The molecule has 4 aromatic rings. The zero-order valence-electron chi connectivity index (χ0n) is 19.8. The Morgan fingerprint density at radius 3 is 2.11 bits per heavy atom. The van der Waals surface area contributed by atoms with E-state index in [1.54, 1.807) is 4.68 Å². The number of nitrogens with two attached hydrogens (primary N) is 1. The number of methoxy groups -OCH3 is 2.